The molecule has 0 amide bonds. The molecule has 0 aliphatic rings. The Labute approximate surface area is 79.0 Å². The lowest BCUT2D eigenvalue weighted by Gasteiger charge is -2.12. The molecule has 0 N–H and O–H groups in total. The quantitative estimate of drug-likeness (QED) is 0.708. The second kappa shape index (κ2) is 4.66. The zero-order chi connectivity index (χ0) is 9.68. The van der Waals surface area contributed by atoms with Crippen LogP contribution < -0.4 is 0 Å². The largest absolute Gasteiger partial charge is 0.331 e. The van der Waals surface area contributed by atoms with Crippen molar-refractivity contribution in [3.8, 4) is 6.07 Å². The highest BCUT2D eigenvalue weighted by atomic mass is 15.1. The van der Waals surface area contributed by atoms with Gasteiger partial charge in [0, 0.05) is 24.9 Å². The molecule has 0 aliphatic heterocycles. The third-order valence-electron chi connectivity index (χ3n) is 2.08. The highest BCUT2D eigenvalue weighted by molar-refractivity contribution is 4.96. The van der Waals surface area contributed by atoms with Crippen molar-refractivity contribution in [1.82, 2.24) is 9.55 Å². The highest BCUT2D eigenvalue weighted by Gasteiger charge is 2.07. The lowest BCUT2D eigenvalue weighted by atomic mass is 10.2. The van der Waals surface area contributed by atoms with Gasteiger partial charge in [-0.25, -0.2) is 4.98 Å². The molecular formula is C10H15N3. The van der Waals surface area contributed by atoms with Crippen molar-refractivity contribution in [1.29, 1.82) is 5.26 Å². The molecule has 0 aromatic carbocycles. The van der Waals surface area contributed by atoms with E-state index in [2.05, 4.69) is 22.5 Å². The van der Waals surface area contributed by atoms with Crippen molar-refractivity contribution in [2.75, 3.05) is 0 Å². The summed E-state index contributed by atoms with van der Waals surface area (Å²) in [5.74, 6) is 1.09. The zero-order valence-electron chi connectivity index (χ0n) is 8.20. The van der Waals surface area contributed by atoms with Gasteiger partial charge in [-0.05, 0) is 13.3 Å². The molecule has 0 radical (unpaired) electrons. The maximum Gasteiger partial charge on any atom is 0.108 e. The van der Waals surface area contributed by atoms with E-state index < -0.39 is 0 Å². The van der Waals surface area contributed by atoms with Gasteiger partial charge in [0.05, 0.1) is 12.5 Å². The second-order valence-electron chi connectivity index (χ2n) is 3.21. The van der Waals surface area contributed by atoms with Crippen molar-refractivity contribution in [2.24, 2.45) is 0 Å². The third-order valence-corrected chi connectivity index (χ3v) is 2.08. The predicted molar refractivity (Wildman–Crippen MR) is 51.2 cm³/mol. The molecule has 1 aromatic rings. The molecule has 1 rings (SSSR count). The van der Waals surface area contributed by atoms with Crippen molar-refractivity contribution >= 4 is 0 Å². The molecule has 0 aliphatic carbocycles. The molecule has 3 heteroatoms. The topological polar surface area (TPSA) is 41.6 Å². The summed E-state index contributed by atoms with van der Waals surface area (Å²) in [7, 11) is 0. The number of aryl methyl sites for hydroxylation is 1. The minimum absolute atomic E-state index is 0.244. The molecule has 0 spiro atoms. The first-order chi connectivity index (χ1) is 6.29. The van der Waals surface area contributed by atoms with Crippen LogP contribution in [0.25, 0.3) is 0 Å². The standard InChI is InChI=1S/C10H15N3/c1-3-4-10-12-7-8-13(10)9(2)5-6-11/h7-9H,3-5H2,1-2H3. The van der Waals surface area contributed by atoms with Crippen LogP contribution in [-0.4, -0.2) is 9.55 Å². The molecule has 0 saturated carbocycles. The second-order valence-corrected chi connectivity index (χ2v) is 3.21. The van der Waals surface area contributed by atoms with Gasteiger partial charge in [-0.2, -0.15) is 5.26 Å². The molecule has 1 unspecified atom stereocenters. The van der Waals surface area contributed by atoms with E-state index in [1.165, 1.54) is 0 Å². The number of rotatable bonds is 4. The first-order valence-electron chi connectivity index (χ1n) is 4.68. The van der Waals surface area contributed by atoms with Crippen LogP contribution in [0.15, 0.2) is 12.4 Å². The van der Waals surface area contributed by atoms with Gasteiger partial charge in [0.15, 0.2) is 0 Å². The van der Waals surface area contributed by atoms with Crippen molar-refractivity contribution in [2.45, 2.75) is 39.2 Å². The molecule has 1 heterocycles. The molecule has 1 atom stereocenters. The normalized spacial score (nSPS) is 12.4. The molecule has 0 saturated heterocycles. The van der Waals surface area contributed by atoms with Crippen LogP contribution in [0.5, 0.6) is 0 Å². The summed E-state index contributed by atoms with van der Waals surface area (Å²) >= 11 is 0. The van der Waals surface area contributed by atoms with E-state index in [1.807, 2.05) is 13.1 Å². The predicted octanol–water partition coefficient (Wildman–Crippen LogP) is 2.31. The minimum Gasteiger partial charge on any atom is -0.331 e. The monoisotopic (exact) mass is 177 g/mol. The number of imidazole rings is 1. The smallest absolute Gasteiger partial charge is 0.108 e. The van der Waals surface area contributed by atoms with Gasteiger partial charge in [-0.1, -0.05) is 6.92 Å². The van der Waals surface area contributed by atoms with Crippen molar-refractivity contribution in [3.05, 3.63) is 18.2 Å². The fourth-order valence-corrected chi connectivity index (χ4v) is 1.39. The summed E-state index contributed by atoms with van der Waals surface area (Å²) in [4.78, 5) is 4.26. The Balaban J connectivity index is 2.75. The fourth-order valence-electron chi connectivity index (χ4n) is 1.39. The molecule has 0 bridgehead atoms. The summed E-state index contributed by atoms with van der Waals surface area (Å²) in [6.45, 7) is 4.18. The summed E-state index contributed by atoms with van der Waals surface area (Å²) in [5.41, 5.74) is 0. The van der Waals surface area contributed by atoms with E-state index in [4.69, 9.17) is 5.26 Å². The first-order valence-corrected chi connectivity index (χ1v) is 4.68. The molecular weight excluding hydrogens is 162 g/mol. The molecule has 0 fully saturated rings. The van der Waals surface area contributed by atoms with Crippen LogP contribution in [-0.2, 0) is 6.42 Å². The fraction of sp³-hybridized carbons (Fsp3) is 0.600. The van der Waals surface area contributed by atoms with Crippen LogP contribution in [0.3, 0.4) is 0 Å². The number of nitrogens with zero attached hydrogens (tertiary/aromatic N) is 3. The third kappa shape index (κ3) is 2.32. The lowest BCUT2D eigenvalue weighted by Crippen LogP contribution is -2.07. The van der Waals surface area contributed by atoms with Crippen molar-refractivity contribution in [3.63, 3.8) is 0 Å². The maximum absolute atomic E-state index is 8.57. The van der Waals surface area contributed by atoms with E-state index in [0.717, 1.165) is 18.7 Å². The van der Waals surface area contributed by atoms with Gasteiger partial charge in [-0.3, -0.25) is 0 Å². The van der Waals surface area contributed by atoms with E-state index in [0.29, 0.717) is 6.42 Å². The lowest BCUT2D eigenvalue weighted by molar-refractivity contribution is 0.531. The van der Waals surface area contributed by atoms with Crippen LogP contribution >= 0.6 is 0 Å². The van der Waals surface area contributed by atoms with Crippen LogP contribution in [0.1, 0.15) is 38.6 Å². The Bertz CT molecular complexity index is 295. The average Bonchev–Trinajstić information content (AvgIpc) is 2.54. The zero-order valence-corrected chi connectivity index (χ0v) is 8.20. The molecule has 1 aromatic heterocycles. The van der Waals surface area contributed by atoms with Gasteiger partial charge in [0.1, 0.15) is 5.82 Å². The van der Waals surface area contributed by atoms with E-state index in [1.54, 1.807) is 6.20 Å². The van der Waals surface area contributed by atoms with Crippen molar-refractivity contribution < 1.29 is 0 Å². The number of hydrogen-bond donors (Lipinski definition) is 0. The van der Waals surface area contributed by atoms with E-state index >= 15 is 0 Å². The van der Waals surface area contributed by atoms with Gasteiger partial charge in [0.25, 0.3) is 0 Å². The van der Waals surface area contributed by atoms with Crippen LogP contribution in [0.4, 0.5) is 0 Å². The van der Waals surface area contributed by atoms with Gasteiger partial charge < -0.3 is 4.57 Å². The van der Waals surface area contributed by atoms with Gasteiger partial charge >= 0.3 is 0 Å². The van der Waals surface area contributed by atoms with Crippen LogP contribution in [0, 0.1) is 11.3 Å². The highest BCUT2D eigenvalue weighted by Crippen LogP contribution is 2.13. The molecule has 70 valence electrons. The Morgan fingerprint density at radius 1 is 1.69 bits per heavy atom. The van der Waals surface area contributed by atoms with E-state index in [-0.39, 0.29) is 6.04 Å². The summed E-state index contributed by atoms with van der Waals surface area (Å²) in [6, 6.07) is 2.42. The maximum atomic E-state index is 8.57. The number of aromatic nitrogens is 2. The van der Waals surface area contributed by atoms with Crippen LogP contribution in [0.2, 0.25) is 0 Å². The van der Waals surface area contributed by atoms with E-state index in [9.17, 15) is 0 Å². The summed E-state index contributed by atoms with van der Waals surface area (Å²) < 4.78 is 2.09. The minimum atomic E-state index is 0.244. The molecule has 3 nitrogen and oxygen atoms in total. The number of nitriles is 1. The summed E-state index contributed by atoms with van der Waals surface area (Å²) in [6.07, 6.45) is 6.39. The van der Waals surface area contributed by atoms with Gasteiger partial charge in [-0.15, -0.1) is 0 Å². The Morgan fingerprint density at radius 3 is 3.08 bits per heavy atom. The van der Waals surface area contributed by atoms with Gasteiger partial charge in [0.2, 0.25) is 0 Å². The first kappa shape index (κ1) is 9.79. The Hall–Kier alpha value is -1.30. The molecule has 13 heavy (non-hydrogen) atoms. The SMILES string of the molecule is CCCc1nccn1C(C)CC#N. The summed E-state index contributed by atoms with van der Waals surface area (Å²) in [5, 5.41) is 8.57. The Kier molecular flexibility index (Phi) is 3.51. The Morgan fingerprint density at radius 2 is 2.46 bits per heavy atom. The average molecular weight is 177 g/mol. The number of hydrogen-bond acceptors (Lipinski definition) is 2.